The fourth-order valence-electron chi connectivity index (χ4n) is 1.30. The highest BCUT2D eigenvalue weighted by atomic mass is 19.4. The van der Waals surface area contributed by atoms with E-state index in [1.165, 1.54) is 11.9 Å². The summed E-state index contributed by atoms with van der Waals surface area (Å²) in [5, 5.41) is 0. The summed E-state index contributed by atoms with van der Waals surface area (Å²) in [5.41, 5.74) is 0. The first-order chi connectivity index (χ1) is 5.52. The molecular weight excluding hydrogens is 171 g/mol. The number of hydrogen-bond donors (Lipinski definition) is 0. The topological polar surface area (TPSA) is 12.5 Å². The van der Waals surface area contributed by atoms with E-state index in [1.54, 1.807) is 0 Å². The summed E-state index contributed by atoms with van der Waals surface area (Å²) < 4.78 is 41.8. The first-order valence-electron chi connectivity index (χ1n) is 3.86. The smallest absolute Gasteiger partial charge is 0.380 e. The number of likely N-dealkylation sites (N-methyl/N-ethyl adjacent to an activating group) is 1. The van der Waals surface area contributed by atoms with Gasteiger partial charge in [0, 0.05) is 13.2 Å². The zero-order valence-corrected chi connectivity index (χ0v) is 6.90. The van der Waals surface area contributed by atoms with Crippen molar-refractivity contribution < 1.29 is 17.9 Å². The molecule has 0 radical (unpaired) electrons. The summed E-state index contributed by atoms with van der Waals surface area (Å²) in [4.78, 5) is 1.30. The second-order valence-electron chi connectivity index (χ2n) is 2.94. The minimum absolute atomic E-state index is 0.0417. The minimum Gasteiger partial charge on any atom is -0.380 e. The quantitative estimate of drug-likeness (QED) is 0.560. The number of hydrogen-bond acceptors (Lipinski definition) is 2. The predicted molar refractivity (Wildman–Crippen MR) is 37.9 cm³/mol. The Balaban J connectivity index is 2.59. The highest BCUT2D eigenvalue weighted by Gasteiger charge is 2.42. The van der Waals surface area contributed by atoms with Gasteiger partial charge in [-0.3, -0.25) is 4.90 Å². The Morgan fingerprint density at radius 2 is 2.00 bits per heavy atom. The lowest BCUT2D eigenvalue weighted by molar-refractivity contribution is -0.180. The van der Waals surface area contributed by atoms with Crippen LogP contribution in [-0.4, -0.2) is 43.9 Å². The second kappa shape index (κ2) is 3.62. The second-order valence-corrected chi connectivity index (χ2v) is 2.94. The van der Waals surface area contributed by atoms with E-state index in [0.29, 0.717) is 13.2 Å². The van der Waals surface area contributed by atoms with Gasteiger partial charge in [-0.25, -0.2) is 0 Å². The molecule has 5 heteroatoms. The lowest BCUT2D eigenvalue weighted by atomic mass is 10.2. The van der Waals surface area contributed by atoms with Gasteiger partial charge in [0.1, 0.15) is 6.04 Å². The maximum absolute atomic E-state index is 12.3. The van der Waals surface area contributed by atoms with Crippen LogP contribution in [0.25, 0.3) is 0 Å². The van der Waals surface area contributed by atoms with E-state index in [4.69, 9.17) is 4.74 Å². The highest BCUT2D eigenvalue weighted by molar-refractivity contribution is 4.78. The van der Waals surface area contributed by atoms with Crippen LogP contribution in [0.2, 0.25) is 0 Å². The van der Waals surface area contributed by atoms with Gasteiger partial charge in [0.15, 0.2) is 0 Å². The number of ether oxygens (including phenoxy) is 1. The first kappa shape index (κ1) is 9.80. The van der Waals surface area contributed by atoms with Crippen molar-refractivity contribution in [3.63, 3.8) is 0 Å². The molecule has 1 heterocycles. The zero-order valence-electron chi connectivity index (χ0n) is 6.90. The molecule has 1 aliphatic heterocycles. The molecule has 12 heavy (non-hydrogen) atoms. The summed E-state index contributed by atoms with van der Waals surface area (Å²) >= 11 is 0. The van der Waals surface area contributed by atoms with Crippen molar-refractivity contribution in [1.82, 2.24) is 4.90 Å². The monoisotopic (exact) mass is 183 g/mol. The third kappa shape index (κ3) is 2.35. The van der Waals surface area contributed by atoms with Crippen LogP contribution >= 0.6 is 0 Å². The summed E-state index contributed by atoms with van der Waals surface area (Å²) in [7, 11) is 1.48. The molecule has 1 atom stereocenters. The molecule has 0 amide bonds. The van der Waals surface area contributed by atoms with Gasteiger partial charge in [0.05, 0.1) is 6.61 Å². The molecule has 1 fully saturated rings. The number of halogens is 3. The summed E-state index contributed by atoms with van der Waals surface area (Å²) in [5.74, 6) is 0. The fraction of sp³-hybridized carbons (Fsp3) is 1.00. The van der Waals surface area contributed by atoms with Gasteiger partial charge in [-0.1, -0.05) is 0 Å². The summed E-state index contributed by atoms with van der Waals surface area (Å²) in [6.45, 7) is 0.946. The molecule has 2 nitrogen and oxygen atoms in total. The molecule has 0 spiro atoms. The summed E-state index contributed by atoms with van der Waals surface area (Å²) in [6, 6.07) is -1.33. The van der Waals surface area contributed by atoms with Crippen LogP contribution in [0.15, 0.2) is 0 Å². The van der Waals surface area contributed by atoms with Gasteiger partial charge < -0.3 is 4.74 Å². The van der Waals surface area contributed by atoms with Gasteiger partial charge in [-0.15, -0.1) is 0 Å². The molecule has 0 aromatic heterocycles. The van der Waals surface area contributed by atoms with Crippen molar-refractivity contribution in [3.05, 3.63) is 0 Å². The lowest BCUT2D eigenvalue weighted by Crippen LogP contribution is -2.43. The first-order valence-corrected chi connectivity index (χ1v) is 3.86. The van der Waals surface area contributed by atoms with Gasteiger partial charge in [-0.2, -0.15) is 13.2 Å². The molecule has 0 aromatic rings. The van der Waals surface area contributed by atoms with Crippen molar-refractivity contribution in [2.45, 2.75) is 18.6 Å². The van der Waals surface area contributed by atoms with Crippen LogP contribution in [0.3, 0.4) is 0 Å². The van der Waals surface area contributed by atoms with Crippen molar-refractivity contribution in [2.75, 3.05) is 26.8 Å². The maximum atomic E-state index is 12.3. The van der Waals surface area contributed by atoms with Crippen molar-refractivity contribution in [1.29, 1.82) is 0 Å². The van der Waals surface area contributed by atoms with Crippen LogP contribution in [0.4, 0.5) is 13.2 Å². The Hall–Kier alpha value is -0.290. The Morgan fingerprint density at radius 3 is 2.58 bits per heavy atom. The molecule has 0 bridgehead atoms. The van der Waals surface area contributed by atoms with Gasteiger partial charge in [0.2, 0.25) is 0 Å². The van der Waals surface area contributed by atoms with Gasteiger partial charge in [0.25, 0.3) is 0 Å². The Bertz CT molecular complexity index is 148. The molecule has 1 saturated heterocycles. The van der Waals surface area contributed by atoms with E-state index >= 15 is 0 Å². The summed E-state index contributed by atoms with van der Waals surface area (Å²) in [6.07, 6.45) is -4.08. The zero-order chi connectivity index (χ0) is 9.19. The van der Waals surface area contributed by atoms with Crippen LogP contribution in [0.5, 0.6) is 0 Å². The average molecular weight is 183 g/mol. The number of nitrogens with zero attached hydrogens (tertiary/aromatic N) is 1. The lowest BCUT2D eigenvalue weighted by Gasteiger charge is -2.26. The maximum Gasteiger partial charge on any atom is 0.404 e. The van der Waals surface area contributed by atoms with E-state index < -0.39 is 12.2 Å². The normalized spacial score (nSPS) is 28.5. The Morgan fingerprint density at radius 1 is 1.33 bits per heavy atom. The predicted octanol–water partition coefficient (Wildman–Crippen LogP) is 1.27. The molecule has 1 aliphatic rings. The fourth-order valence-corrected chi connectivity index (χ4v) is 1.30. The SMILES string of the molecule is CN1CCOCCC1C(F)(F)F. The van der Waals surface area contributed by atoms with Crippen LogP contribution < -0.4 is 0 Å². The van der Waals surface area contributed by atoms with E-state index in [2.05, 4.69) is 0 Å². The molecule has 0 aliphatic carbocycles. The molecule has 0 saturated carbocycles. The average Bonchev–Trinajstić information content (AvgIpc) is 2.11. The van der Waals surface area contributed by atoms with E-state index in [0.717, 1.165) is 0 Å². The number of alkyl halides is 3. The molecule has 1 rings (SSSR count). The van der Waals surface area contributed by atoms with Crippen LogP contribution in [0.1, 0.15) is 6.42 Å². The standard InChI is InChI=1S/C7H12F3NO/c1-11-3-5-12-4-2-6(11)7(8,9)10/h6H,2-5H2,1H3. The van der Waals surface area contributed by atoms with Gasteiger partial charge in [-0.05, 0) is 13.5 Å². The molecular formula is C7H12F3NO. The largest absolute Gasteiger partial charge is 0.404 e. The Kier molecular flexibility index (Phi) is 2.95. The Labute approximate surface area is 69.3 Å². The number of rotatable bonds is 0. The van der Waals surface area contributed by atoms with Crippen LogP contribution in [0, 0.1) is 0 Å². The van der Waals surface area contributed by atoms with Crippen molar-refractivity contribution in [3.8, 4) is 0 Å². The molecule has 1 unspecified atom stereocenters. The highest BCUT2D eigenvalue weighted by Crippen LogP contribution is 2.27. The minimum atomic E-state index is -4.12. The van der Waals surface area contributed by atoms with Crippen molar-refractivity contribution in [2.24, 2.45) is 0 Å². The molecule has 72 valence electrons. The molecule has 0 N–H and O–H groups in total. The third-order valence-electron chi connectivity index (χ3n) is 2.03. The molecule has 0 aromatic carbocycles. The van der Waals surface area contributed by atoms with Gasteiger partial charge >= 0.3 is 6.18 Å². The third-order valence-corrected chi connectivity index (χ3v) is 2.03. The van der Waals surface area contributed by atoms with Crippen LogP contribution in [-0.2, 0) is 4.74 Å². The van der Waals surface area contributed by atoms with E-state index in [-0.39, 0.29) is 13.0 Å². The van der Waals surface area contributed by atoms with E-state index in [9.17, 15) is 13.2 Å². The van der Waals surface area contributed by atoms with E-state index in [1.807, 2.05) is 0 Å². The van der Waals surface area contributed by atoms with Crippen molar-refractivity contribution >= 4 is 0 Å².